The summed E-state index contributed by atoms with van der Waals surface area (Å²) in [6.07, 6.45) is 0.511. The van der Waals surface area contributed by atoms with Crippen molar-refractivity contribution in [2.75, 3.05) is 6.54 Å². The Hall–Kier alpha value is -0.650. The Kier molecular flexibility index (Phi) is 6.23. The summed E-state index contributed by atoms with van der Waals surface area (Å²) >= 11 is 14.2. The Bertz CT molecular complexity index is 494. The largest absolute Gasteiger partial charge is 0.393 e. The lowest BCUT2D eigenvalue weighted by Crippen LogP contribution is -2.39. The zero-order valence-corrected chi connectivity index (χ0v) is 14.0. The lowest BCUT2D eigenvalue weighted by atomic mass is 10.1. The minimum Gasteiger partial charge on any atom is -0.393 e. The minimum absolute atomic E-state index is 0.0627. The Morgan fingerprint density at radius 3 is 2.68 bits per heavy atom. The number of benzene rings is 1. The first-order valence-electron chi connectivity index (χ1n) is 5.87. The molecule has 1 aromatic carbocycles. The van der Waals surface area contributed by atoms with Gasteiger partial charge in [-0.15, -0.1) is 0 Å². The number of hydrogen-bond donors (Lipinski definition) is 1. The Labute approximate surface area is 132 Å². The number of halogens is 2. The number of hydrogen-bond acceptors (Lipinski definition) is 2. The molecule has 0 bridgehead atoms. The molecule has 0 aliphatic heterocycles. The lowest BCUT2D eigenvalue weighted by molar-refractivity contribution is 0.0710. The number of rotatable bonds is 5. The molecule has 2 N–H and O–H groups in total. The van der Waals surface area contributed by atoms with Crippen LogP contribution < -0.4 is 5.73 Å². The minimum atomic E-state index is -0.0828. The second-order valence-electron chi connectivity index (χ2n) is 4.43. The summed E-state index contributed by atoms with van der Waals surface area (Å²) in [5.41, 5.74) is 6.04. The van der Waals surface area contributed by atoms with Crippen molar-refractivity contribution in [1.29, 1.82) is 0 Å². The first kappa shape index (κ1) is 16.4. The van der Waals surface area contributed by atoms with Crippen LogP contribution in [-0.4, -0.2) is 28.4 Å². The van der Waals surface area contributed by atoms with E-state index in [1.54, 1.807) is 23.1 Å². The number of carbonyl (C=O) groups is 1. The molecule has 0 spiro atoms. The highest BCUT2D eigenvalue weighted by Crippen LogP contribution is 2.23. The van der Waals surface area contributed by atoms with Crippen LogP contribution in [0.3, 0.4) is 0 Å². The van der Waals surface area contributed by atoms with Gasteiger partial charge in [0.05, 0.1) is 10.6 Å². The summed E-state index contributed by atoms with van der Waals surface area (Å²) in [5.74, 6) is -0.0828. The van der Waals surface area contributed by atoms with E-state index in [1.165, 1.54) is 0 Å². The molecule has 0 fully saturated rings. The number of amides is 1. The molecule has 1 amide bonds. The van der Waals surface area contributed by atoms with Gasteiger partial charge in [-0.05, 0) is 48.0 Å². The van der Waals surface area contributed by atoms with Gasteiger partial charge in [0.25, 0.3) is 5.91 Å². The number of carbonyl (C=O) groups excluding carboxylic acids is 1. The Balaban J connectivity index is 2.99. The fourth-order valence-electron chi connectivity index (χ4n) is 1.64. The third-order valence-corrected chi connectivity index (χ3v) is 3.77. The van der Waals surface area contributed by atoms with Gasteiger partial charge in [-0.1, -0.05) is 23.8 Å². The first-order valence-corrected chi connectivity index (χ1v) is 7.45. The van der Waals surface area contributed by atoms with Crippen LogP contribution in [0.2, 0.25) is 5.02 Å². The van der Waals surface area contributed by atoms with E-state index < -0.39 is 0 Å². The molecule has 0 saturated carbocycles. The summed E-state index contributed by atoms with van der Waals surface area (Å²) in [5, 5.41) is 0.532. The summed E-state index contributed by atoms with van der Waals surface area (Å²) in [6.45, 7) is 4.41. The SMILES string of the molecule is CC(C)N(CCC(N)=S)C(=O)c1cc(Cl)ccc1Br. The molecule has 0 aromatic heterocycles. The van der Waals surface area contributed by atoms with E-state index in [9.17, 15) is 4.79 Å². The van der Waals surface area contributed by atoms with Crippen LogP contribution in [0.4, 0.5) is 0 Å². The van der Waals surface area contributed by atoms with Gasteiger partial charge in [-0.25, -0.2) is 0 Å². The Morgan fingerprint density at radius 1 is 1.53 bits per heavy atom. The van der Waals surface area contributed by atoms with Crippen molar-refractivity contribution in [1.82, 2.24) is 4.90 Å². The maximum absolute atomic E-state index is 12.5. The maximum Gasteiger partial charge on any atom is 0.255 e. The highest BCUT2D eigenvalue weighted by atomic mass is 79.9. The van der Waals surface area contributed by atoms with Crippen LogP contribution in [0.15, 0.2) is 22.7 Å². The third-order valence-electron chi connectivity index (χ3n) is 2.64. The van der Waals surface area contributed by atoms with Crippen LogP contribution >= 0.6 is 39.7 Å². The molecule has 0 radical (unpaired) electrons. The van der Waals surface area contributed by atoms with Crippen LogP contribution in [0, 0.1) is 0 Å². The Morgan fingerprint density at radius 2 is 2.16 bits per heavy atom. The molecule has 0 heterocycles. The van der Waals surface area contributed by atoms with Crippen molar-refractivity contribution in [3.63, 3.8) is 0 Å². The molecule has 0 aliphatic carbocycles. The topological polar surface area (TPSA) is 46.3 Å². The van der Waals surface area contributed by atoms with E-state index in [1.807, 2.05) is 13.8 Å². The smallest absolute Gasteiger partial charge is 0.255 e. The number of thiocarbonyl (C=S) groups is 1. The van der Waals surface area contributed by atoms with E-state index in [-0.39, 0.29) is 11.9 Å². The first-order chi connectivity index (χ1) is 8.82. The average molecular weight is 364 g/mol. The van der Waals surface area contributed by atoms with E-state index in [2.05, 4.69) is 15.9 Å². The van der Waals surface area contributed by atoms with Gasteiger partial charge < -0.3 is 10.6 Å². The zero-order valence-electron chi connectivity index (χ0n) is 10.8. The van der Waals surface area contributed by atoms with Crippen molar-refractivity contribution < 1.29 is 4.79 Å². The fraction of sp³-hybridized carbons (Fsp3) is 0.385. The molecule has 0 aliphatic rings. The van der Waals surface area contributed by atoms with Gasteiger partial charge in [-0.3, -0.25) is 4.79 Å². The molecule has 104 valence electrons. The molecule has 3 nitrogen and oxygen atoms in total. The lowest BCUT2D eigenvalue weighted by Gasteiger charge is -2.27. The van der Waals surface area contributed by atoms with Crippen LogP contribution in [0.1, 0.15) is 30.6 Å². The molecular weight excluding hydrogens is 348 g/mol. The molecule has 1 rings (SSSR count). The van der Waals surface area contributed by atoms with Gasteiger partial charge in [0.15, 0.2) is 0 Å². The van der Waals surface area contributed by atoms with Crippen LogP contribution in [0.25, 0.3) is 0 Å². The average Bonchev–Trinajstić information content (AvgIpc) is 2.31. The van der Waals surface area contributed by atoms with Crippen LogP contribution in [0.5, 0.6) is 0 Å². The molecule has 0 saturated heterocycles. The van der Waals surface area contributed by atoms with Crippen molar-refractivity contribution >= 4 is 50.6 Å². The van der Waals surface area contributed by atoms with E-state index in [4.69, 9.17) is 29.6 Å². The van der Waals surface area contributed by atoms with Gasteiger partial charge in [-0.2, -0.15) is 0 Å². The number of nitrogens with two attached hydrogens (primary N) is 1. The maximum atomic E-state index is 12.5. The third kappa shape index (κ3) is 4.75. The summed E-state index contributed by atoms with van der Waals surface area (Å²) in [7, 11) is 0. The predicted octanol–water partition coefficient (Wildman–Crippen LogP) is 3.63. The molecule has 1 aromatic rings. The highest BCUT2D eigenvalue weighted by molar-refractivity contribution is 9.10. The fourth-order valence-corrected chi connectivity index (χ4v) is 2.32. The van der Waals surface area contributed by atoms with E-state index >= 15 is 0 Å². The van der Waals surface area contributed by atoms with E-state index in [0.717, 1.165) is 4.47 Å². The second kappa shape index (κ2) is 7.22. The zero-order chi connectivity index (χ0) is 14.6. The quantitative estimate of drug-likeness (QED) is 0.813. The van der Waals surface area contributed by atoms with Gasteiger partial charge in [0, 0.05) is 28.5 Å². The number of nitrogens with zero attached hydrogens (tertiary/aromatic N) is 1. The van der Waals surface area contributed by atoms with Crippen molar-refractivity contribution in [3.05, 3.63) is 33.3 Å². The van der Waals surface area contributed by atoms with E-state index in [0.29, 0.717) is 28.5 Å². The second-order valence-corrected chi connectivity index (χ2v) is 6.25. The molecule has 0 atom stereocenters. The summed E-state index contributed by atoms with van der Waals surface area (Å²) in [6, 6.07) is 5.22. The monoisotopic (exact) mass is 362 g/mol. The molecular formula is C13H16BrClN2OS. The van der Waals surface area contributed by atoms with Crippen molar-refractivity contribution in [2.24, 2.45) is 5.73 Å². The van der Waals surface area contributed by atoms with Gasteiger partial charge in [0.1, 0.15) is 0 Å². The predicted molar refractivity (Wildman–Crippen MR) is 86.7 cm³/mol. The van der Waals surface area contributed by atoms with Crippen LogP contribution in [-0.2, 0) is 0 Å². The van der Waals surface area contributed by atoms with Crippen molar-refractivity contribution in [3.8, 4) is 0 Å². The van der Waals surface area contributed by atoms with Gasteiger partial charge >= 0.3 is 0 Å². The molecule has 0 unspecified atom stereocenters. The summed E-state index contributed by atoms with van der Waals surface area (Å²) < 4.78 is 0.725. The summed E-state index contributed by atoms with van der Waals surface area (Å²) in [4.78, 5) is 14.7. The normalized spacial score (nSPS) is 10.6. The van der Waals surface area contributed by atoms with Gasteiger partial charge in [0.2, 0.25) is 0 Å². The molecule has 19 heavy (non-hydrogen) atoms. The highest BCUT2D eigenvalue weighted by Gasteiger charge is 2.21. The van der Waals surface area contributed by atoms with Crippen molar-refractivity contribution in [2.45, 2.75) is 26.3 Å². The molecule has 6 heteroatoms. The standard InChI is InChI=1S/C13H16BrClN2OS/c1-8(2)17(6-5-12(16)19)13(18)10-7-9(15)3-4-11(10)14/h3-4,7-8H,5-6H2,1-2H3,(H2,16,19).